The van der Waals surface area contributed by atoms with Crippen LogP contribution in [0.2, 0.25) is 0 Å². The van der Waals surface area contributed by atoms with Crippen LogP contribution < -0.4 is 5.32 Å². The molecular formula is C10H19NO. The third-order valence-electron chi connectivity index (χ3n) is 3.32. The number of nitrogens with one attached hydrogen (secondary N) is 1. The monoisotopic (exact) mass is 169 g/mol. The Morgan fingerprint density at radius 3 is 2.58 bits per heavy atom. The molecule has 0 radical (unpaired) electrons. The molecule has 2 fully saturated rings. The predicted octanol–water partition coefficient (Wildman–Crippen LogP) is 1.70. The Kier molecular flexibility index (Phi) is 2.37. The van der Waals surface area contributed by atoms with E-state index in [1.807, 2.05) is 0 Å². The molecule has 0 aromatic rings. The average Bonchev–Trinajstić information content (AvgIpc) is 2.14. The van der Waals surface area contributed by atoms with Crippen LogP contribution >= 0.6 is 0 Å². The van der Waals surface area contributed by atoms with Crippen LogP contribution in [0.15, 0.2) is 0 Å². The molecule has 12 heavy (non-hydrogen) atoms. The first-order chi connectivity index (χ1) is 5.87. The van der Waals surface area contributed by atoms with Gasteiger partial charge in [-0.2, -0.15) is 0 Å². The summed E-state index contributed by atoms with van der Waals surface area (Å²) in [4.78, 5) is 0. The van der Waals surface area contributed by atoms with Crippen LogP contribution in [0.5, 0.6) is 0 Å². The molecule has 0 bridgehead atoms. The van der Waals surface area contributed by atoms with Crippen LogP contribution in [-0.4, -0.2) is 24.8 Å². The van der Waals surface area contributed by atoms with E-state index in [1.165, 1.54) is 32.1 Å². The standard InChI is InChI=1S/C10H19NO/c1-2-11-9-8-12-10(9)6-4-3-5-7-10/h9,11H,2-8H2,1H3. The van der Waals surface area contributed by atoms with E-state index in [1.54, 1.807) is 0 Å². The normalized spacial score (nSPS) is 33.2. The summed E-state index contributed by atoms with van der Waals surface area (Å²) in [5.74, 6) is 0. The minimum Gasteiger partial charge on any atom is -0.372 e. The third kappa shape index (κ3) is 1.27. The first-order valence-corrected chi connectivity index (χ1v) is 5.25. The van der Waals surface area contributed by atoms with Crippen LogP contribution in [-0.2, 0) is 4.74 Å². The molecule has 1 saturated heterocycles. The molecule has 1 heterocycles. The zero-order chi connectivity index (χ0) is 8.44. The van der Waals surface area contributed by atoms with E-state index in [2.05, 4.69) is 12.2 Å². The Bertz CT molecular complexity index is 152. The van der Waals surface area contributed by atoms with Crippen molar-refractivity contribution in [1.29, 1.82) is 0 Å². The minimum atomic E-state index is 0.258. The van der Waals surface area contributed by atoms with Crippen LogP contribution in [0.25, 0.3) is 0 Å². The Morgan fingerprint density at radius 1 is 1.33 bits per heavy atom. The van der Waals surface area contributed by atoms with Crippen molar-refractivity contribution < 1.29 is 4.74 Å². The summed E-state index contributed by atoms with van der Waals surface area (Å²) in [6, 6.07) is 0.655. The van der Waals surface area contributed by atoms with Crippen molar-refractivity contribution in [2.45, 2.75) is 50.7 Å². The summed E-state index contributed by atoms with van der Waals surface area (Å²) < 4.78 is 5.76. The van der Waals surface area contributed by atoms with Crippen LogP contribution in [0.4, 0.5) is 0 Å². The third-order valence-corrected chi connectivity index (χ3v) is 3.32. The van der Waals surface area contributed by atoms with Gasteiger partial charge in [0.15, 0.2) is 0 Å². The van der Waals surface area contributed by atoms with Crippen LogP contribution in [0, 0.1) is 0 Å². The largest absolute Gasteiger partial charge is 0.372 e. The molecule has 1 aliphatic heterocycles. The van der Waals surface area contributed by atoms with Gasteiger partial charge in [-0.3, -0.25) is 0 Å². The smallest absolute Gasteiger partial charge is 0.0858 e. The van der Waals surface area contributed by atoms with Crippen molar-refractivity contribution in [2.75, 3.05) is 13.2 Å². The van der Waals surface area contributed by atoms with E-state index in [-0.39, 0.29) is 5.60 Å². The molecule has 1 spiro atoms. The van der Waals surface area contributed by atoms with Gasteiger partial charge in [0.2, 0.25) is 0 Å². The fourth-order valence-electron chi connectivity index (χ4n) is 2.54. The maximum Gasteiger partial charge on any atom is 0.0858 e. The number of hydrogen-bond donors (Lipinski definition) is 1. The topological polar surface area (TPSA) is 21.3 Å². The molecule has 1 N–H and O–H groups in total. The van der Waals surface area contributed by atoms with E-state index in [4.69, 9.17) is 4.74 Å². The lowest BCUT2D eigenvalue weighted by atomic mass is 9.76. The average molecular weight is 169 g/mol. The minimum absolute atomic E-state index is 0.258. The highest BCUT2D eigenvalue weighted by Gasteiger charge is 2.47. The van der Waals surface area contributed by atoms with Crippen molar-refractivity contribution in [3.05, 3.63) is 0 Å². The summed E-state index contributed by atoms with van der Waals surface area (Å²) in [6.07, 6.45) is 6.70. The molecule has 1 aliphatic carbocycles. The molecule has 0 aromatic heterocycles. The zero-order valence-electron chi connectivity index (χ0n) is 7.94. The zero-order valence-corrected chi connectivity index (χ0v) is 7.94. The summed E-state index contributed by atoms with van der Waals surface area (Å²) in [5.41, 5.74) is 0.258. The van der Waals surface area contributed by atoms with Crippen molar-refractivity contribution >= 4 is 0 Å². The number of ether oxygens (including phenoxy) is 1. The highest BCUT2D eigenvalue weighted by molar-refractivity contribution is 5.01. The molecule has 70 valence electrons. The first-order valence-electron chi connectivity index (χ1n) is 5.25. The van der Waals surface area contributed by atoms with Gasteiger partial charge >= 0.3 is 0 Å². The molecule has 2 heteroatoms. The fraction of sp³-hybridized carbons (Fsp3) is 1.00. The Labute approximate surface area is 74.7 Å². The summed E-state index contributed by atoms with van der Waals surface area (Å²) in [7, 11) is 0. The summed E-state index contributed by atoms with van der Waals surface area (Å²) >= 11 is 0. The molecule has 2 nitrogen and oxygen atoms in total. The van der Waals surface area contributed by atoms with Gasteiger partial charge in [0.05, 0.1) is 18.2 Å². The van der Waals surface area contributed by atoms with Gasteiger partial charge < -0.3 is 10.1 Å². The first kappa shape index (κ1) is 8.52. The van der Waals surface area contributed by atoms with Gasteiger partial charge in [0.1, 0.15) is 0 Å². The van der Waals surface area contributed by atoms with Crippen molar-refractivity contribution in [3.63, 3.8) is 0 Å². The van der Waals surface area contributed by atoms with Crippen molar-refractivity contribution in [1.82, 2.24) is 5.32 Å². The maximum atomic E-state index is 5.76. The molecule has 2 aliphatic rings. The second-order valence-electron chi connectivity index (χ2n) is 4.05. The SMILES string of the molecule is CCNC1COC12CCCCC2. The lowest BCUT2D eigenvalue weighted by Crippen LogP contribution is -2.65. The fourth-order valence-corrected chi connectivity index (χ4v) is 2.54. The Hall–Kier alpha value is -0.0800. The second kappa shape index (κ2) is 3.35. The number of rotatable bonds is 2. The van der Waals surface area contributed by atoms with Crippen molar-refractivity contribution in [3.8, 4) is 0 Å². The van der Waals surface area contributed by atoms with Gasteiger partial charge in [-0.25, -0.2) is 0 Å². The Morgan fingerprint density at radius 2 is 2.08 bits per heavy atom. The van der Waals surface area contributed by atoms with E-state index >= 15 is 0 Å². The Balaban J connectivity index is 1.91. The number of hydrogen-bond acceptors (Lipinski definition) is 2. The van der Waals surface area contributed by atoms with Gasteiger partial charge in [-0.1, -0.05) is 26.2 Å². The van der Waals surface area contributed by atoms with Gasteiger partial charge in [-0.05, 0) is 19.4 Å². The number of likely N-dealkylation sites (N-methyl/N-ethyl adjacent to an activating group) is 1. The molecule has 0 aromatic carbocycles. The highest BCUT2D eigenvalue weighted by Crippen LogP contribution is 2.40. The molecule has 1 unspecified atom stereocenters. The van der Waals surface area contributed by atoms with Crippen molar-refractivity contribution in [2.24, 2.45) is 0 Å². The van der Waals surface area contributed by atoms with E-state index in [0.29, 0.717) is 6.04 Å². The highest BCUT2D eigenvalue weighted by atomic mass is 16.5. The van der Waals surface area contributed by atoms with Gasteiger partial charge in [-0.15, -0.1) is 0 Å². The molecule has 1 atom stereocenters. The summed E-state index contributed by atoms with van der Waals surface area (Å²) in [5, 5.41) is 3.52. The lowest BCUT2D eigenvalue weighted by Gasteiger charge is -2.52. The van der Waals surface area contributed by atoms with Crippen LogP contribution in [0.3, 0.4) is 0 Å². The van der Waals surface area contributed by atoms with Gasteiger partial charge in [0, 0.05) is 0 Å². The van der Waals surface area contributed by atoms with E-state index in [9.17, 15) is 0 Å². The second-order valence-corrected chi connectivity index (χ2v) is 4.05. The maximum absolute atomic E-state index is 5.76. The molecular weight excluding hydrogens is 150 g/mol. The summed E-state index contributed by atoms with van der Waals surface area (Å²) in [6.45, 7) is 4.19. The van der Waals surface area contributed by atoms with Gasteiger partial charge in [0.25, 0.3) is 0 Å². The van der Waals surface area contributed by atoms with Crippen LogP contribution in [0.1, 0.15) is 39.0 Å². The molecule has 2 rings (SSSR count). The molecule has 1 saturated carbocycles. The quantitative estimate of drug-likeness (QED) is 0.679. The van der Waals surface area contributed by atoms with E-state index < -0.39 is 0 Å². The predicted molar refractivity (Wildman–Crippen MR) is 49.2 cm³/mol. The van der Waals surface area contributed by atoms with E-state index in [0.717, 1.165) is 13.2 Å². The molecule has 0 amide bonds. The lowest BCUT2D eigenvalue weighted by molar-refractivity contribution is -0.193.